The number of aliphatic hydroxyl groups excluding tert-OH is 1. The molecule has 0 aliphatic carbocycles. The van der Waals surface area contributed by atoms with E-state index < -0.39 is 0 Å². The molecule has 1 N–H and O–H groups in total. The first-order valence-electron chi connectivity index (χ1n) is 3.89. The van der Waals surface area contributed by atoms with Crippen LogP contribution in [0.15, 0.2) is 12.1 Å². The fourth-order valence-electron chi connectivity index (χ4n) is 1.06. The van der Waals surface area contributed by atoms with Crippen LogP contribution in [0.5, 0.6) is 0 Å². The first-order chi connectivity index (χ1) is 6.15. The van der Waals surface area contributed by atoms with Gasteiger partial charge in [0.15, 0.2) is 0 Å². The highest BCUT2D eigenvalue weighted by molar-refractivity contribution is 6.43. The van der Waals surface area contributed by atoms with E-state index in [-0.39, 0.29) is 6.61 Å². The van der Waals surface area contributed by atoms with Crippen molar-refractivity contribution in [3.63, 3.8) is 0 Å². The summed E-state index contributed by atoms with van der Waals surface area (Å²) < 4.78 is 0. The first-order valence-corrected chi connectivity index (χ1v) is 5.03. The molecule has 0 amide bonds. The van der Waals surface area contributed by atoms with Crippen LogP contribution in [0.2, 0.25) is 15.1 Å². The van der Waals surface area contributed by atoms with Gasteiger partial charge >= 0.3 is 0 Å². The van der Waals surface area contributed by atoms with Gasteiger partial charge in [0.2, 0.25) is 0 Å². The highest BCUT2D eigenvalue weighted by Crippen LogP contribution is 2.30. The van der Waals surface area contributed by atoms with Crippen molar-refractivity contribution in [1.82, 2.24) is 0 Å². The van der Waals surface area contributed by atoms with Crippen LogP contribution in [-0.2, 0) is 6.42 Å². The Bertz CT molecular complexity index is 299. The number of aliphatic hydroxyl groups is 1. The van der Waals surface area contributed by atoms with Crippen molar-refractivity contribution in [2.75, 3.05) is 6.61 Å². The van der Waals surface area contributed by atoms with Gasteiger partial charge in [0.25, 0.3) is 0 Å². The molecule has 0 radical (unpaired) electrons. The van der Waals surface area contributed by atoms with Gasteiger partial charge in [-0.3, -0.25) is 0 Å². The standard InChI is InChI=1S/C9H9Cl3O/c10-7-4-6(2-1-3-13)9(12)8(11)5-7/h4-5,13H,1-3H2. The number of aryl methyl sites for hydroxylation is 1. The molecule has 0 spiro atoms. The third-order valence-electron chi connectivity index (χ3n) is 1.67. The third kappa shape index (κ3) is 3.03. The molecule has 0 saturated carbocycles. The molecule has 1 aromatic rings. The van der Waals surface area contributed by atoms with Gasteiger partial charge in [-0.15, -0.1) is 0 Å². The number of rotatable bonds is 3. The van der Waals surface area contributed by atoms with E-state index in [1.54, 1.807) is 12.1 Å². The zero-order valence-corrected chi connectivity index (χ0v) is 9.12. The molecule has 0 atom stereocenters. The second kappa shape index (κ2) is 5.06. The monoisotopic (exact) mass is 238 g/mol. The van der Waals surface area contributed by atoms with E-state index in [9.17, 15) is 0 Å². The largest absolute Gasteiger partial charge is 0.396 e. The lowest BCUT2D eigenvalue weighted by molar-refractivity contribution is 0.288. The van der Waals surface area contributed by atoms with Crippen molar-refractivity contribution >= 4 is 34.8 Å². The van der Waals surface area contributed by atoms with Gasteiger partial charge < -0.3 is 5.11 Å². The summed E-state index contributed by atoms with van der Waals surface area (Å²) >= 11 is 17.5. The zero-order valence-electron chi connectivity index (χ0n) is 6.86. The van der Waals surface area contributed by atoms with Gasteiger partial charge in [-0.25, -0.2) is 0 Å². The molecule has 0 aromatic heterocycles. The van der Waals surface area contributed by atoms with Crippen LogP contribution in [0.3, 0.4) is 0 Å². The Morgan fingerprint density at radius 1 is 1.15 bits per heavy atom. The van der Waals surface area contributed by atoms with Gasteiger partial charge in [-0.2, -0.15) is 0 Å². The van der Waals surface area contributed by atoms with Crippen LogP contribution in [0.4, 0.5) is 0 Å². The molecular weight excluding hydrogens is 230 g/mol. The molecule has 13 heavy (non-hydrogen) atoms. The van der Waals surface area contributed by atoms with Crippen LogP contribution >= 0.6 is 34.8 Å². The minimum atomic E-state index is 0.139. The second-order valence-electron chi connectivity index (χ2n) is 2.69. The van der Waals surface area contributed by atoms with Gasteiger partial charge in [0.05, 0.1) is 10.0 Å². The molecule has 0 heterocycles. The molecule has 1 aromatic carbocycles. The molecule has 0 fully saturated rings. The lowest BCUT2D eigenvalue weighted by atomic mass is 10.1. The second-order valence-corrected chi connectivity index (χ2v) is 3.91. The molecule has 0 aliphatic heterocycles. The number of benzene rings is 1. The topological polar surface area (TPSA) is 20.2 Å². The van der Waals surface area contributed by atoms with Crippen LogP contribution in [0, 0.1) is 0 Å². The number of hydrogen-bond acceptors (Lipinski definition) is 1. The number of halogens is 3. The Hall–Kier alpha value is 0.0500. The Kier molecular flexibility index (Phi) is 4.33. The van der Waals surface area contributed by atoms with Crippen LogP contribution in [-0.4, -0.2) is 11.7 Å². The van der Waals surface area contributed by atoms with E-state index in [0.29, 0.717) is 27.9 Å². The van der Waals surface area contributed by atoms with Gasteiger partial charge in [-0.05, 0) is 30.5 Å². The molecule has 0 bridgehead atoms. The third-order valence-corrected chi connectivity index (χ3v) is 2.73. The van der Waals surface area contributed by atoms with E-state index in [1.807, 2.05) is 0 Å². The Labute approximate surface area is 92.2 Å². The van der Waals surface area contributed by atoms with Crippen LogP contribution < -0.4 is 0 Å². The quantitative estimate of drug-likeness (QED) is 0.800. The average Bonchev–Trinajstić information content (AvgIpc) is 2.09. The number of hydrogen-bond donors (Lipinski definition) is 1. The minimum absolute atomic E-state index is 0.139. The van der Waals surface area contributed by atoms with Crippen molar-refractivity contribution in [3.05, 3.63) is 32.8 Å². The molecule has 4 heteroatoms. The lowest BCUT2D eigenvalue weighted by Gasteiger charge is -2.05. The zero-order chi connectivity index (χ0) is 9.84. The summed E-state index contributed by atoms with van der Waals surface area (Å²) in [5.74, 6) is 0. The summed E-state index contributed by atoms with van der Waals surface area (Å²) in [6.45, 7) is 0.139. The highest BCUT2D eigenvalue weighted by Gasteiger charge is 2.06. The normalized spacial score (nSPS) is 10.5. The Balaban J connectivity index is 2.92. The lowest BCUT2D eigenvalue weighted by Crippen LogP contribution is -1.91. The fourth-order valence-corrected chi connectivity index (χ4v) is 1.80. The van der Waals surface area contributed by atoms with Gasteiger partial charge in [0.1, 0.15) is 0 Å². The summed E-state index contributed by atoms with van der Waals surface area (Å²) in [5, 5.41) is 10.2. The van der Waals surface area contributed by atoms with Crippen molar-refractivity contribution < 1.29 is 5.11 Å². The highest BCUT2D eigenvalue weighted by atomic mass is 35.5. The Morgan fingerprint density at radius 3 is 2.46 bits per heavy atom. The Morgan fingerprint density at radius 2 is 1.85 bits per heavy atom. The molecule has 0 aliphatic rings. The van der Waals surface area contributed by atoms with Gasteiger partial charge in [0, 0.05) is 11.6 Å². The molecule has 72 valence electrons. The SMILES string of the molecule is OCCCc1cc(Cl)cc(Cl)c1Cl. The summed E-state index contributed by atoms with van der Waals surface area (Å²) in [5.41, 5.74) is 0.883. The minimum Gasteiger partial charge on any atom is -0.396 e. The fraction of sp³-hybridized carbons (Fsp3) is 0.333. The molecule has 1 rings (SSSR count). The summed E-state index contributed by atoms with van der Waals surface area (Å²) in [6, 6.07) is 3.37. The van der Waals surface area contributed by atoms with E-state index in [0.717, 1.165) is 5.56 Å². The maximum atomic E-state index is 8.65. The molecular formula is C9H9Cl3O. The predicted molar refractivity (Wildman–Crippen MR) is 56.9 cm³/mol. The van der Waals surface area contributed by atoms with E-state index in [4.69, 9.17) is 39.9 Å². The van der Waals surface area contributed by atoms with Crippen molar-refractivity contribution in [2.45, 2.75) is 12.8 Å². The first kappa shape index (κ1) is 11.1. The maximum absolute atomic E-state index is 8.65. The molecule has 0 saturated heterocycles. The average molecular weight is 240 g/mol. The van der Waals surface area contributed by atoms with Crippen molar-refractivity contribution in [2.24, 2.45) is 0 Å². The van der Waals surface area contributed by atoms with E-state index in [2.05, 4.69) is 0 Å². The predicted octanol–water partition coefficient (Wildman–Crippen LogP) is 3.57. The van der Waals surface area contributed by atoms with Crippen molar-refractivity contribution in [3.8, 4) is 0 Å². The van der Waals surface area contributed by atoms with Crippen LogP contribution in [0.25, 0.3) is 0 Å². The molecule has 1 nitrogen and oxygen atoms in total. The van der Waals surface area contributed by atoms with E-state index >= 15 is 0 Å². The van der Waals surface area contributed by atoms with Crippen LogP contribution in [0.1, 0.15) is 12.0 Å². The summed E-state index contributed by atoms with van der Waals surface area (Å²) in [4.78, 5) is 0. The smallest absolute Gasteiger partial charge is 0.0625 e. The van der Waals surface area contributed by atoms with Crippen molar-refractivity contribution in [1.29, 1.82) is 0 Å². The maximum Gasteiger partial charge on any atom is 0.0625 e. The summed E-state index contributed by atoms with van der Waals surface area (Å²) in [6.07, 6.45) is 1.35. The van der Waals surface area contributed by atoms with E-state index in [1.165, 1.54) is 0 Å². The van der Waals surface area contributed by atoms with Gasteiger partial charge in [-0.1, -0.05) is 34.8 Å². The molecule has 0 unspecified atom stereocenters. The summed E-state index contributed by atoms with van der Waals surface area (Å²) in [7, 11) is 0.